The van der Waals surface area contributed by atoms with Crippen molar-refractivity contribution in [3.8, 4) is 5.75 Å². The van der Waals surface area contributed by atoms with Crippen LogP contribution in [0.5, 0.6) is 5.75 Å². The Morgan fingerprint density at radius 1 is 1.07 bits per heavy atom. The molecule has 0 aliphatic carbocycles. The van der Waals surface area contributed by atoms with E-state index < -0.39 is 6.09 Å². The maximum atomic E-state index is 12.8. The second-order valence-electron chi connectivity index (χ2n) is 6.48. The fourth-order valence-electron chi connectivity index (χ4n) is 3.03. The number of amides is 2. The molecule has 2 aromatic rings. The van der Waals surface area contributed by atoms with Crippen molar-refractivity contribution in [2.45, 2.75) is 6.92 Å². The van der Waals surface area contributed by atoms with Gasteiger partial charge in [0.05, 0.1) is 13.2 Å². The van der Waals surface area contributed by atoms with Gasteiger partial charge >= 0.3 is 6.09 Å². The summed E-state index contributed by atoms with van der Waals surface area (Å²) in [5, 5.41) is 2.43. The molecule has 0 bridgehead atoms. The largest absolute Gasteiger partial charge is 0.412 e. The molecule has 0 radical (unpaired) electrons. The van der Waals surface area contributed by atoms with E-state index in [4.69, 9.17) is 9.47 Å². The second kappa shape index (κ2) is 9.19. The molecule has 1 aliphatic rings. The van der Waals surface area contributed by atoms with Crippen LogP contribution in [0.4, 0.5) is 4.79 Å². The van der Waals surface area contributed by atoms with Gasteiger partial charge in [0.15, 0.2) is 0 Å². The molecular weight excluding hydrogens is 356 g/mol. The highest BCUT2D eigenvalue weighted by atomic mass is 16.6. The number of morpholine rings is 1. The maximum absolute atomic E-state index is 12.8. The van der Waals surface area contributed by atoms with Crippen molar-refractivity contribution in [3.05, 3.63) is 71.3 Å². The number of nitrogens with one attached hydrogen (secondary N) is 1. The van der Waals surface area contributed by atoms with Gasteiger partial charge in [-0.25, -0.2) is 4.79 Å². The van der Waals surface area contributed by atoms with Crippen molar-refractivity contribution in [2.24, 2.45) is 0 Å². The predicted molar refractivity (Wildman–Crippen MR) is 107 cm³/mol. The van der Waals surface area contributed by atoms with E-state index in [1.54, 1.807) is 17.0 Å². The van der Waals surface area contributed by atoms with Crippen molar-refractivity contribution in [2.75, 3.05) is 33.4 Å². The Morgan fingerprint density at radius 2 is 1.79 bits per heavy atom. The molecule has 6 nitrogen and oxygen atoms in total. The molecule has 1 aliphatic heterocycles. The summed E-state index contributed by atoms with van der Waals surface area (Å²) in [5.41, 5.74) is 3.46. The van der Waals surface area contributed by atoms with E-state index in [9.17, 15) is 9.59 Å². The number of rotatable bonds is 4. The van der Waals surface area contributed by atoms with Gasteiger partial charge in [-0.15, -0.1) is 0 Å². The zero-order chi connectivity index (χ0) is 19.9. The molecule has 1 saturated heterocycles. The van der Waals surface area contributed by atoms with Gasteiger partial charge in [-0.05, 0) is 41.3 Å². The lowest BCUT2D eigenvalue weighted by molar-refractivity contribution is -0.129. The minimum Gasteiger partial charge on any atom is -0.410 e. The van der Waals surface area contributed by atoms with Crippen LogP contribution in [0, 0.1) is 6.92 Å². The van der Waals surface area contributed by atoms with Crippen molar-refractivity contribution in [1.82, 2.24) is 10.2 Å². The van der Waals surface area contributed by atoms with Gasteiger partial charge in [-0.3, -0.25) is 4.79 Å². The first-order valence-electron chi connectivity index (χ1n) is 9.23. The fraction of sp³-hybridized carbons (Fsp3) is 0.273. The van der Waals surface area contributed by atoms with Gasteiger partial charge in [-0.1, -0.05) is 36.4 Å². The summed E-state index contributed by atoms with van der Waals surface area (Å²) in [4.78, 5) is 26.1. The van der Waals surface area contributed by atoms with Crippen LogP contribution >= 0.6 is 0 Å². The van der Waals surface area contributed by atoms with Crippen molar-refractivity contribution in [1.29, 1.82) is 0 Å². The molecular formula is C22H24N2O4. The molecule has 146 valence electrons. The molecule has 1 fully saturated rings. The fourth-order valence-corrected chi connectivity index (χ4v) is 3.03. The monoisotopic (exact) mass is 380 g/mol. The van der Waals surface area contributed by atoms with Crippen molar-refractivity contribution < 1.29 is 19.1 Å². The number of benzene rings is 2. The Labute approximate surface area is 164 Å². The van der Waals surface area contributed by atoms with Crippen molar-refractivity contribution >= 4 is 17.6 Å². The van der Waals surface area contributed by atoms with Gasteiger partial charge in [0.25, 0.3) is 0 Å². The predicted octanol–water partition coefficient (Wildman–Crippen LogP) is 3.00. The van der Waals surface area contributed by atoms with E-state index >= 15 is 0 Å². The molecule has 2 amide bonds. The molecule has 6 heteroatoms. The first-order chi connectivity index (χ1) is 13.6. The van der Waals surface area contributed by atoms with E-state index in [1.807, 2.05) is 49.4 Å². The summed E-state index contributed by atoms with van der Waals surface area (Å²) in [5.74, 6) is 0.445. The number of nitrogens with zero attached hydrogens (tertiary/aromatic N) is 1. The Hall–Kier alpha value is -3.12. The molecule has 0 aromatic heterocycles. The number of aryl methyl sites for hydroxylation is 1. The molecule has 28 heavy (non-hydrogen) atoms. The number of ether oxygens (including phenoxy) is 2. The summed E-state index contributed by atoms with van der Waals surface area (Å²) in [6.07, 6.45) is 1.16. The van der Waals surface area contributed by atoms with Crippen molar-refractivity contribution in [3.63, 3.8) is 0 Å². The first-order valence-corrected chi connectivity index (χ1v) is 9.23. The SMILES string of the molecule is CNC(=O)Oc1ccc(C(=CC(=O)N2CCOCC2)c2ccccc2)cc1C. The van der Waals surface area contributed by atoms with Crippen LogP contribution in [-0.4, -0.2) is 50.3 Å². The lowest BCUT2D eigenvalue weighted by Crippen LogP contribution is -2.39. The average molecular weight is 380 g/mol. The molecule has 0 saturated carbocycles. The number of hydrogen-bond acceptors (Lipinski definition) is 4. The van der Waals surface area contributed by atoms with E-state index in [0.717, 1.165) is 22.3 Å². The van der Waals surface area contributed by atoms with Crippen LogP contribution in [0.2, 0.25) is 0 Å². The molecule has 0 unspecified atom stereocenters. The molecule has 0 spiro atoms. The van der Waals surface area contributed by atoms with Crippen LogP contribution in [0.3, 0.4) is 0 Å². The summed E-state index contributed by atoms with van der Waals surface area (Å²) in [7, 11) is 1.51. The Morgan fingerprint density at radius 3 is 2.43 bits per heavy atom. The van der Waals surface area contributed by atoms with Crippen LogP contribution in [0.1, 0.15) is 16.7 Å². The van der Waals surface area contributed by atoms with E-state index in [2.05, 4.69) is 5.32 Å². The van der Waals surface area contributed by atoms with Gasteiger partial charge in [0.2, 0.25) is 5.91 Å². The molecule has 2 aromatic carbocycles. The van der Waals surface area contributed by atoms with Gasteiger partial charge in [0.1, 0.15) is 5.75 Å². The topological polar surface area (TPSA) is 67.9 Å². The zero-order valence-electron chi connectivity index (χ0n) is 16.1. The highest BCUT2D eigenvalue weighted by Crippen LogP contribution is 2.28. The summed E-state index contributed by atoms with van der Waals surface area (Å²) in [6, 6.07) is 15.3. The Kier molecular flexibility index (Phi) is 6.45. The summed E-state index contributed by atoms with van der Waals surface area (Å²) in [6.45, 7) is 4.18. The number of hydrogen-bond donors (Lipinski definition) is 1. The lowest BCUT2D eigenvalue weighted by atomic mass is 9.95. The summed E-state index contributed by atoms with van der Waals surface area (Å²) < 4.78 is 10.6. The first kappa shape index (κ1) is 19.6. The minimum atomic E-state index is -0.517. The van der Waals surface area contributed by atoms with E-state index in [0.29, 0.717) is 32.1 Å². The highest BCUT2D eigenvalue weighted by Gasteiger charge is 2.17. The smallest absolute Gasteiger partial charge is 0.410 e. The second-order valence-corrected chi connectivity index (χ2v) is 6.48. The third kappa shape index (κ3) is 4.78. The zero-order valence-corrected chi connectivity index (χ0v) is 16.1. The Bertz CT molecular complexity index is 871. The van der Waals surface area contributed by atoms with E-state index in [-0.39, 0.29) is 5.91 Å². The van der Waals surface area contributed by atoms with Crippen LogP contribution in [-0.2, 0) is 9.53 Å². The number of carbonyl (C=O) groups is 2. The Balaban J connectivity index is 1.95. The molecule has 3 rings (SSSR count). The molecule has 1 heterocycles. The quantitative estimate of drug-likeness (QED) is 0.828. The van der Waals surface area contributed by atoms with Gasteiger partial charge in [-0.2, -0.15) is 0 Å². The third-order valence-electron chi connectivity index (χ3n) is 4.57. The molecule has 0 atom stereocenters. The third-order valence-corrected chi connectivity index (χ3v) is 4.57. The average Bonchev–Trinajstić information content (AvgIpc) is 2.74. The normalized spacial score (nSPS) is 14.5. The summed E-state index contributed by atoms with van der Waals surface area (Å²) >= 11 is 0. The lowest BCUT2D eigenvalue weighted by Gasteiger charge is -2.26. The van der Waals surface area contributed by atoms with Crippen LogP contribution < -0.4 is 10.1 Å². The number of carbonyl (C=O) groups excluding carboxylic acids is 2. The van der Waals surface area contributed by atoms with E-state index in [1.165, 1.54) is 7.05 Å². The molecule has 1 N–H and O–H groups in total. The van der Waals surface area contributed by atoms with Gasteiger partial charge in [0, 0.05) is 26.2 Å². The van der Waals surface area contributed by atoms with Crippen LogP contribution in [0.15, 0.2) is 54.6 Å². The van der Waals surface area contributed by atoms with Gasteiger partial charge < -0.3 is 19.7 Å². The highest BCUT2D eigenvalue weighted by molar-refractivity contribution is 5.99. The van der Waals surface area contributed by atoms with Crippen LogP contribution in [0.25, 0.3) is 5.57 Å². The maximum Gasteiger partial charge on any atom is 0.412 e. The minimum absolute atomic E-state index is 0.0366. The standard InChI is InChI=1S/C22H24N2O4/c1-16-14-18(8-9-20(16)28-22(26)23-2)19(17-6-4-3-5-7-17)15-21(25)24-10-12-27-13-11-24/h3-9,14-15H,10-13H2,1-2H3,(H,23,26).